The number of carbonyl (C=O) groups is 1. The first-order valence-corrected chi connectivity index (χ1v) is 11.8. The number of fused-ring (bicyclic) bond motifs is 3. The minimum absolute atomic E-state index is 0.237. The van der Waals surface area contributed by atoms with Gasteiger partial charge in [0, 0.05) is 27.6 Å². The molecular formula is C25H19ClN4O3S. The second-order valence-electron chi connectivity index (χ2n) is 7.44. The first kappa shape index (κ1) is 22.2. The van der Waals surface area contributed by atoms with Crippen molar-refractivity contribution in [3.63, 3.8) is 0 Å². The number of para-hydroxylation sites is 1. The Kier molecular flexibility index (Phi) is 6.33. The third-order valence-corrected chi connectivity index (χ3v) is 6.39. The molecule has 0 saturated heterocycles. The van der Waals surface area contributed by atoms with Crippen molar-refractivity contribution in [3.05, 3.63) is 88.9 Å². The van der Waals surface area contributed by atoms with Crippen LogP contribution in [-0.2, 0) is 5.75 Å². The number of ketones is 1. The molecule has 4 aromatic rings. The van der Waals surface area contributed by atoms with Crippen LogP contribution in [0.4, 0.5) is 5.69 Å². The van der Waals surface area contributed by atoms with Crippen LogP contribution in [0.5, 0.6) is 11.6 Å². The Bertz CT molecular complexity index is 1330. The Balaban J connectivity index is 1.45. The van der Waals surface area contributed by atoms with E-state index in [1.54, 1.807) is 31.4 Å². The van der Waals surface area contributed by atoms with E-state index in [1.165, 1.54) is 11.8 Å². The number of anilines is 1. The molecule has 34 heavy (non-hydrogen) atoms. The Labute approximate surface area is 205 Å². The van der Waals surface area contributed by atoms with Crippen LogP contribution in [0.3, 0.4) is 0 Å². The van der Waals surface area contributed by atoms with Crippen molar-refractivity contribution in [2.24, 2.45) is 0 Å². The lowest BCUT2D eigenvalue weighted by Crippen LogP contribution is -2.35. The van der Waals surface area contributed by atoms with Crippen LogP contribution in [0.25, 0.3) is 11.3 Å². The van der Waals surface area contributed by atoms with E-state index in [-0.39, 0.29) is 11.7 Å². The Morgan fingerprint density at radius 3 is 2.59 bits per heavy atom. The van der Waals surface area contributed by atoms with Crippen LogP contribution in [0, 0.1) is 0 Å². The Morgan fingerprint density at radius 1 is 1.06 bits per heavy atom. The maximum absolute atomic E-state index is 13.3. The van der Waals surface area contributed by atoms with E-state index in [2.05, 4.69) is 20.5 Å². The summed E-state index contributed by atoms with van der Waals surface area (Å²) in [6, 6.07) is 22.0. The highest BCUT2D eigenvalue weighted by atomic mass is 35.5. The average Bonchev–Trinajstić information content (AvgIpc) is 3.04. The average molecular weight is 491 g/mol. The van der Waals surface area contributed by atoms with Gasteiger partial charge in [0.2, 0.25) is 23.0 Å². The highest BCUT2D eigenvalue weighted by Crippen LogP contribution is 2.37. The second kappa shape index (κ2) is 9.70. The number of hydrogen-bond donors (Lipinski definition) is 1. The smallest absolute Gasteiger partial charge is 0.247 e. The van der Waals surface area contributed by atoms with Gasteiger partial charge < -0.3 is 14.8 Å². The summed E-state index contributed by atoms with van der Waals surface area (Å²) in [6.45, 7) is 0. The van der Waals surface area contributed by atoms with Crippen LogP contribution in [0.1, 0.15) is 15.9 Å². The summed E-state index contributed by atoms with van der Waals surface area (Å²) < 4.78 is 11.3. The lowest BCUT2D eigenvalue weighted by atomic mass is 10.1. The molecule has 1 unspecified atom stereocenters. The van der Waals surface area contributed by atoms with E-state index in [0.717, 1.165) is 11.1 Å². The van der Waals surface area contributed by atoms with Gasteiger partial charge in [0.05, 0.1) is 7.11 Å². The number of thioether (sulfide) groups is 1. The quantitative estimate of drug-likeness (QED) is 0.280. The maximum Gasteiger partial charge on any atom is 0.247 e. The number of hydrogen-bond acceptors (Lipinski definition) is 8. The molecule has 9 heteroatoms. The predicted octanol–water partition coefficient (Wildman–Crippen LogP) is 5.51. The van der Waals surface area contributed by atoms with Gasteiger partial charge in [-0.2, -0.15) is 4.98 Å². The minimum Gasteiger partial charge on any atom is -0.497 e. The Hall–Kier alpha value is -3.62. The lowest BCUT2D eigenvalue weighted by Gasteiger charge is -2.18. The van der Waals surface area contributed by atoms with Crippen molar-refractivity contribution >= 4 is 34.8 Å². The van der Waals surface area contributed by atoms with Gasteiger partial charge in [-0.25, -0.2) is 0 Å². The largest absolute Gasteiger partial charge is 0.497 e. The van der Waals surface area contributed by atoms with Crippen LogP contribution < -0.4 is 14.8 Å². The first-order chi connectivity index (χ1) is 16.6. The molecule has 2 heterocycles. The number of Topliss-reactive ketones (excluding diaryl/α,β-unsaturated/α-hetero) is 1. The van der Waals surface area contributed by atoms with E-state index in [4.69, 9.17) is 21.1 Å². The third-order valence-electron chi connectivity index (χ3n) is 5.23. The zero-order chi connectivity index (χ0) is 23.5. The monoisotopic (exact) mass is 490 g/mol. The molecule has 0 radical (unpaired) electrons. The molecule has 1 aliphatic heterocycles. The van der Waals surface area contributed by atoms with E-state index in [9.17, 15) is 4.79 Å². The van der Waals surface area contributed by atoms with Gasteiger partial charge in [-0.05, 0) is 48.0 Å². The number of nitrogens with one attached hydrogen (secondary N) is 1. The molecule has 7 nitrogen and oxygen atoms in total. The number of nitrogens with zero attached hydrogens (tertiary/aromatic N) is 3. The summed E-state index contributed by atoms with van der Waals surface area (Å²) in [5.41, 5.74) is 3.51. The predicted molar refractivity (Wildman–Crippen MR) is 132 cm³/mol. The van der Waals surface area contributed by atoms with Gasteiger partial charge in [-0.15, -0.1) is 10.2 Å². The molecule has 0 fully saturated rings. The highest BCUT2D eigenvalue weighted by molar-refractivity contribution is 7.98. The molecular weight excluding hydrogens is 472 g/mol. The van der Waals surface area contributed by atoms with Crippen molar-refractivity contribution in [3.8, 4) is 22.9 Å². The van der Waals surface area contributed by atoms with Crippen molar-refractivity contribution in [2.45, 2.75) is 17.1 Å². The first-order valence-electron chi connectivity index (χ1n) is 10.4. The molecule has 0 saturated carbocycles. The molecule has 1 N–H and O–H groups in total. The maximum atomic E-state index is 13.3. The van der Waals surface area contributed by atoms with Gasteiger partial charge in [0.25, 0.3) is 0 Å². The van der Waals surface area contributed by atoms with Gasteiger partial charge in [0.1, 0.15) is 5.75 Å². The van der Waals surface area contributed by atoms with E-state index >= 15 is 0 Å². The summed E-state index contributed by atoms with van der Waals surface area (Å²) >= 11 is 7.39. The summed E-state index contributed by atoms with van der Waals surface area (Å²) in [5, 5.41) is 13.0. The lowest BCUT2D eigenvalue weighted by molar-refractivity contribution is 0.0823. The zero-order valence-corrected chi connectivity index (χ0v) is 19.6. The fourth-order valence-corrected chi connectivity index (χ4v) is 4.32. The molecule has 0 spiro atoms. The van der Waals surface area contributed by atoms with Crippen LogP contribution in [0.15, 0.2) is 78.0 Å². The molecule has 170 valence electrons. The summed E-state index contributed by atoms with van der Waals surface area (Å²) in [6.07, 6.45) is -0.985. The summed E-state index contributed by atoms with van der Waals surface area (Å²) in [5.74, 6) is 1.32. The standard InChI is InChI=1S/C25H19ClN4O3S/c1-32-18-12-8-16(9-13-18)22(31)24-27-20-5-3-2-4-19(20)21-23(33-24)28-25(30-29-21)34-14-15-6-10-17(26)11-7-15/h2-13,24,27H,14H2,1H3. The van der Waals surface area contributed by atoms with Crippen molar-refractivity contribution in [1.29, 1.82) is 0 Å². The van der Waals surface area contributed by atoms with E-state index < -0.39 is 6.23 Å². The number of rotatable bonds is 6. The topological polar surface area (TPSA) is 86.2 Å². The molecule has 5 rings (SSSR count). The van der Waals surface area contributed by atoms with Crippen molar-refractivity contribution in [2.75, 3.05) is 12.4 Å². The SMILES string of the molecule is COc1ccc(C(=O)C2Nc3ccccc3-c3nnc(SCc4ccc(Cl)cc4)nc3O2)cc1. The molecule has 0 aliphatic carbocycles. The third kappa shape index (κ3) is 4.69. The fourth-order valence-electron chi connectivity index (χ4n) is 3.46. The van der Waals surface area contributed by atoms with Gasteiger partial charge >= 0.3 is 0 Å². The molecule has 3 aromatic carbocycles. The summed E-state index contributed by atoms with van der Waals surface area (Å²) in [4.78, 5) is 17.9. The van der Waals surface area contributed by atoms with Gasteiger partial charge in [-0.1, -0.05) is 53.7 Å². The fraction of sp³-hybridized carbons (Fsp3) is 0.120. The van der Waals surface area contributed by atoms with Gasteiger partial charge in [0.15, 0.2) is 5.69 Å². The van der Waals surface area contributed by atoms with Gasteiger partial charge in [-0.3, -0.25) is 4.79 Å². The van der Waals surface area contributed by atoms with Crippen molar-refractivity contribution < 1.29 is 14.3 Å². The molecule has 1 aliphatic rings. The van der Waals surface area contributed by atoms with E-state index in [1.807, 2.05) is 48.5 Å². The molecule has 1 aromatic heterocycles. The van der Waals surface area contributed by atoms with E-state index in [0.29, 0.717) is 38.6 Å². The van der Waals surface area contributed by atoms with Crippen LogP contribution >= 0.6 is 23.4 Å². The summed E-state index contributed by atoms with van der Waals surface area (Å²) in [7, 11) is 1.58. The number of benzene rings is 3. The zero-order valence-electron chi connectivity index (χ0n) is 18.1. The number of aromatic nitrogens is 3. The normalized spacial score (nSPS) is 14.1. The van der Waals surface area contributed by atoms with Crippen molar-refractivity contribution in [1.82, 2.24) is 15.2 Å². The Morgan fingerprint density at radius 2 is 1.82 bits per heavy atom. The number of methoxy groups -OCH3 is 1. The minimum atomic E-state index is -0.985. The number of ether oxygens (including phenoxy) is 2. The number of halogens is 1. The number of carbonyl (C=O) groups excluding carboxylic acids is 1. The molecule has 0 bridgehead atoms. The second-order valence-corrected chi connectivity index (χ2v) is 8.82. The highest BCUT2D eigenvalue weighted by Gasteiger charge is 2.30. The van der Waals surface area contributed by atoms with Crippen LogP contribution in [-0.4, -0.2) is 34.3 Å². The molecule has 1 atom stereocenters. The van der Waals surface area contributed by atoms with Crippen LogP contribution in [0.2, 0.25) is 5.02 Å². The molecule has 0 amide bonds.